The van der Waals surface area contributed by atoms with Crippen LogP contribution in [0.2, 0.25) is 0 Å². The zero-order valence-electron chi connectivity index (χ0n) is 52.9. The van der Waals surface area contributed by atoms with Crippen molar-refractivity contribution in [3.05, 3.63) is 170 Å². The summed E-state index contributed by atoms with van der Waals surface area (Å²) in [5, 5.41) is 87.0. The van der Waals surface area contributed by atoms with Crippen LogP contribution in [0.15, 0.2) is 170 Å². The largest absolute Gasteiger partial charge is 0.394 e. The molecule has 14 nitrogen and oxygen atoms in total. The van der Waals surface area contributed by atoms with Crippen molar-refractivity contribution in [2.24, 2.45) is 0 Å². The number of hydrogen-bond acceptors (Lipinski definition) is 13. The van der Waals surface area contributed by atoms with Gasteiger partial charge in [-0.2, -0.15) is 0 Å². The molecule has 2 rings (SSSR count). The van der Waals surface area contributed by atoms with Gasteiger partial charge in [0.15, 0.2) is 12.6 Å². The van der Waals surface area contributed by atoms with Crippen LogP contribution in [0.3, 0.4) is 0 Å². The second-order valence-electron chi connectivity index (χ2n) is 22.1. The smallest absolute Gasteiger partial charge is 0.220 e. The molecule has 1 amide bonds. The average molecular weight is 1210 g/mol. The summed E-state index contributed by atoms with van der Waals surface area (Å²) in [5.41, 5.74) is 0. The third kappa shape index (κ3) is 39.9. The number of nitrogens with one attached hydrogen (secondary N) is 1. The zero-order chi connectivity index (χ0) is 63.1. The van der Waals surface area contributed by atoms with Crippen molar-refractivity contribution in [3.8, 4) is 0 Å². The van der Waals surface area contributed by atoms with Gasteiger partial charge < -0.3 is 65.1 Å². The van der Waals surface area contributed by atoms with E-state index in [9.17, 15) is 45.6 Å². The molecule has 12 unspecified atom stereocenters. The predicted molar refractivity (Wildman–Crippen MR) is 354 cm³/mol. The lowest BCUT2D eigenvalue weighted by molar-refractivity contribution is -0.359. The van der Waals surface area contributed by atoms with Gasteiger partial charge in [0.2, 0.25) is 5.91 Å². The van der Waals surface area contributed by atoms with E-state index in [0.29, 0.717) is 12.8 Å². The van der Waals surface area contributed by atoms with E-state index in [-0.39, 0.29) is 18.9 Å². The van der Waals surface area contributed by atoms with Gasteiger partial charge in [-0.3, -0.25) is 4.79 Å². The number of aliphatic hydroxyl groups excluding tert-OH is 8. The molecule has 0 bridgehead atoms. The Morgan fingerprint density at radius 3 is 1.26 bits per heavy atom. The second-order valence-corrected chi connectivity index (χ2v) is 22.1. The van der Waals surface area contributed by atoms with E-state index in [1.165, 1.54) is 38.5 Å². The quantitative estimate of drug-likeness (QED) is 0.0204. The Balaban J connectivity index is 1.65. The van der Waals surface area contributed by atoms with Crippen LogP contribution in [0.5, 0.6) is 0 Å². The van der Waals surface area contributed by atoms with E-state index in [1.807, 2.05) is 6.08 Å². The van der Waals surface area contributed by atoms with Crippen LogP contribution in [-0.4, -0.2) is 140 Å². The maximum atomic E-state index is 13.2. The Morgan fingerprint density at radius 2 is 0.805 bits per heavy atom. The topological polar surface area (TPSA) is 228 Å². The van der Waals surface area contributed by atoms with E-state index in [0.717, 1.165) is 116 Å². The standard InChI is InChI=1S/C73H115NO13/c1-3-5-7-9-11-13-15-17-18-19-20-21-22-23-24-25-26-27-28-29-30-31-32-33-34-35-36-37-38-39-40-41-42-43-44-45-47-49-51-53-55-57-65(78)74-61(62(77)56-54-52-50-48-46-16-14-12-10-8-6-4-2)60-84-72-70(83)68(81)71(64(59-76)86-72)87-73-69(82)67(80)66(79)63(58-75)85-73/h5,7,11,13,17-18,20-21,23-24,26-27,29-30,32-33,35-36,38-39,41-42,44-46,48,54,56,61-64,66-73,75-77,79-83H,3-4,6,8-10,12,14-16,19,22,25,28,31,34,37,40,43,47,49-53,55,57-60H2,1-2H3,(H,74,78)/b7-5-,13-11-,18-17-,21-20-,24-23-,27-26-,30-29-,33-32-,36-35-,39-38-,42-41-,45-44-,48-46+,56-54+. The van der Waals surface area contributed by atoms with Crippen molar-refractivity contribution in [3.63, 3.8) is 0 Å². The molecule has 2 saturated heterocycles. The minimum absolute atomic E-state index is 0.232. The molecule has 2 aliphatic heterocycles. The molecule has 490 valence electrons. The van der Waals surface area contributed by atoms with Gasteiger partial charge in [0.25, 0.3) is 0 Å². The number of carbonyl (C=O) groups is 1. The maximum Gasteiger partial charge on any atom is 0.220 e. The molecular weight excluding hydrogens is 1100 g/mol. The van der Waals surface area contributed by atoms with Crippen molar-refractivity contribution >= 4 is 5.91 Å². The molecule has 0 aliphatic carbocycles. The van der Waals surface area contributed by atoms with Crippen LogP contribution >= 0.6 is 0 Å². The van der Waals surface area contributed by atoms with E-state index in [1.54, 1.807) is 6.08 Å². The molecule has 87 heavy (non-hydrogen) atoms. The number of rotatable bonds is 50. The molecule has 2 heterocycles. The Labute approximate surface area is 524 Å². The minimum Gasteiger partial charge on any atom is -0.394 e. The normalized spacial score (nSPS) is 24.4. The van der Waals surface area contributed by atoms with Crippen molar-refractivity contribution in [2.45, 2.75) is 261 Å². The second kappa shape index (κ2) is 55.4. The van der Waals surface area contributed by atoms with Crippen LogP contribution in [0.4, 0.5) is 0 Å². The zero-order valence-corrected chi connectivity index (χ0v) is 52.9. The number of unbranched alkanes of at least 4 members (excludes halogenated alkanes) is 11. The summed E-state index contributed by atoms with van der Waals surface area (Å²) in [6, 6.07) is -0.957. The highest BCUT2D eigenvalue weighted by Crippen LogP contribution is 2.30. The van der Waals surface area contributed by atoms with Crippen molar-refractivity contribution < 1.29 is 64.6 Å². The number of aliphatic hydroxyl groups is 8. The minimum atomic E-state index is -1.80. The molecule has 2 aliphatic rings. The lowest BCUT2D eigenvalue weighted by Gasteiger charge is -2.46. The third-order valence-corrected chi connectivity index (χ3v) is 14.6. The molecule has 0 aromatic heterocycles. The summed E-state index contributed by atoms with van der Waals surface area (Å²) in [7, 11) is 0. The predicted octanol–water partition coefficient (Wildman–Crippen LogP) is 12.8. The van der Waals surface area contributed by atoms with E-state index >= 15 is 0 Å². The summed E-state index contributed by atoms with van der Waals surface area (Å²) >= 11 is 0. The summed E-state index contributed by atoms with van der Waals surface area (Å²) in [6.07, 6.45) is 69.9. The number of carbonyl (C=O) groups excluding carboxylic acids is 1. The lowest BCUT2D eigenvalue weighted by Crippen LogP contribution is -2.65. The first kappa shape index (κ1) is 78.4. The molecule has 0 spiro atoms. The molecule has 9 N–H and O–H groups in total. The fraction of sp³-hybridized carbons (Fsp3) is 0.603. The summed E-state index contributed by atoms with van der Waals surface area (Å²) in [4.78, 5) is 13.2. The maximum absolute atomic E-state index is 13.2. The van der Waals surface area contributed by atoms with Crippen LogP contribution < -0.4 is 5.32 Å². The van der Waals surface area contributed by atoms with Gasteiger partial charge >= 0.3 is 0 Å². The van der Waals surface area contributed by atoms with E-state index in [2.05, 4.69) is 177 Å². The lowest BCUT2D eigenvalue weighted by atomic mass is 9.97. The Bertz CT molecular complexity index is 2110. The SMILES string of the molecule is CC/C=C\C/C=C\C/C=C\C/C=C\C/C=C\C/C=C\C/C=C\C/C=C\C/C=C\C/C=C\C/C=C\C/C=C\CCCCCCC(=O)NC(COC1OC(CO)C(OC2OC(CO)C(O)C(O)C2O)C(O)C1O)C(O)/C=C/CC/C=C/CCCCCCCC. The number of hydrogen-bond donors (Lipinski definition) is 9. The van der Waals surface area contributed by atoms with Gasteiger partial charge in [0.05, 0.1) is 32.0 Å². The average Bonchev–Trinajstić information content (AvgIpc) is 2.31. The Morgan fingerprint density at radius 1 is 0.425 bits per heavy atom. The van der Waals surface area contributed by atoms with Crippen LogP contribution in [0.1, 0.15) is 187 Å². The first-order chi connectivity index (χ1) is 42.6. The monoisotopic (exact) mass is 1210 g/mol. The van der Waals surface area contributed by atoms with Crippen LogP contribution in [0, 0.1) is 0 Å². The first-order valence-electron chi connectivity index (χ1n) is 32.9. The van der Waals surface area contributed by atoms with Gasteiger partial charge in [-0.1, -0.05) is 229 Å². The molecular formula is C73H115NO13. The third-order valence-electron chi connectivity index (χ3n) is 14.6. The molecule has 0 aromatic rings. The van der Waals surface area contributed by atoms with Crippen LogP contribution in [0.25, 0.3) is 0 Å². The number of ether oxygens (including phenoxy) is 4. The first-order valence-corrected chi connectivity index (χ1v) is 32.9. The highest BCUT2D eigenvalue weighted by molar-refractivity contribution is 5.76. The Kier molecular flexibility index (Phi) is 50.0. The van der Waals surface area contributed by atoms with Gasteiger partial charge in [-0.05, 0) is 122 Å². The van der Waals surface area contributed by atoms with Gasteiger partial charge in [0, 0.05) is 6.42 Å². The fourth-order valence-corrected chi connectivity index (χ4v) is 9.40. The summed E-state index contributed by atoms with van der Waals surface area (Å²) in [5.74, 6) is -0.283. The van der Waals surface area contributed by atoms with Crippen molar-refractivity contribution in [1.29, 1.82) is 0 Å². The van der Waals surface area contributed by atoms with Crippen molar-refractivity contribution in [2.75, 3.05) is 19.8 Å². The number of amides is 1. The fourth-order valence-electron chi connectivity index (χ4n) is 9.40. The molecule has 0 saturated carbocycles. The van der Waals surface area contributed by atoms with Crippen molar-refractivity contribution in [1.82, 2.24) is 5.32 Å². The van der Waals surface area contributed by atoms with Gasteiger partial charge in [0.1, 0.15) is 48.8 Å². The Hall–Kier alpha value is -4.65. The highest BCUT2D eigenvalue weighted by Gasteiger charge is 2.51. The molecule has 2 fully saturated rings. The van der Waals surface area contributed by atoms with Crippen LogP contribution in [-0.2, 0) is 23.7 Å². The molecule has 0 aromatic carbocycles. The van der Waals surface area contributed by atoms with E-state index in [4.69, 9.17) is 18.9 Å². The summed E-state index contributed by atoms with van der Waals surface area (Å²) < 4.78 is 22.7. The molecule has 12 atom stereocenters. The van der Waals surface area contributed by atoms with Gasteiger partial charge in [-0.15, -0.1) is 0 Å². The highest BCUT2D eigenvalue weighted by atomic mass is 16.7. The van der Waals surface area contributed by atoms with E-state index < -0.39 is 86.8 Å². The summed E-state index contributed by atoms with van der Waals surface area (Å²) in [6.45, 7) is 2.59. The molecule has 14 heteroatoms. The molecule has 0 radical (unpaired) electrons. The number of allylic oxidation sites excluding steroid dienone is 27. The van der Waals surface area contributed by atoms with Gasteiger partial charge in [-0.25, -0.2) is 0 Å².